The van der Waals surface area contributed by atoms with E-state index in [9.17, 15) is 9.59 Å². The molecule has 2 amide bonds. The van der Waals surface area contributed by atoms with Crippen LogP contribution in [0.2, 0.25) is 0 Å². The molecule has 1 aliphatic heterocycles. The van der Waals surface area contributed by atoms with Gasteiger partial charge < -0.3 is 10.6 Å². The second-order valence-electron chi connectivity index (χ2n) is 7.59. The molecule has 5 nitrogen and oxygen atoms in total. The molecule has 0 radical (unpaired) electrons. The second-order valence-corrected chi connectivity index (χ2v) is 7.59. The summed E-state index contributed by atoms with van der Waals surface area (Å²) >= 11 is 0. The molecular formula is C22H25N3O2. The van der Waals surface area contributed by atoms with Crippen molar-refractivity contribution in [1.29, 1.82) is 0 Å². The number of aromatic nitrogens is 1. The number of carbonyl (C=O) groups is 2. The van der Waals surface area contributed by atoms with Crippen molar-refractivity contribution >= 4 is 23.0 Å². The number of pyridine rings is 1. The fourth-order valence-electron chi connectivity index (χ4n) is 4.76. The highest BCUT2D eigenvalue weighted by Gasteiger charge is 2.33. The van der Waals surface area contributed by atoms with E-state index in [0.717, 1.165) is 48.1 Å². The van der Waals surface area contributed by atoms with Crippen LogP contribution >= 0.6 is 0 Å². The van der Waals surface area contributed by atoms with Gasteiger partial charge in [0, 0.05) is 24.3 Å². The molecule has 0 bridgehead atoms. The number of hydrogen-bond donors (Lipinski definition) is 1. The normalized spacial score (nSPS) is 18.7. The number of rotatable bonds is 3. The Morgan fingerprint density at radius 3 is 2.78 bits per heavy atom. The molecule has 5 heteroatoms. The lowest BCUT2D eigenvalue weighted by Crippen LogP contribution is -2.34. The molecule has 0 saturated carbocycles. The van der Waals surface area contributed by atoms with Crippen LogP contribution in [0.1, 0.15) is 65.0 Å². The van der Waals surface area contributed by atoms with Gasteiger partial charge in [0.1, 0.15) is 5.69 Å². The fourth-order valence-corrected chi connectivity index (χ4v) is 4.76. The molecule has 4 rings (SSSR count). The lowest BCUT2D eigenvalue weighted by atomic mass is 9.86. The van der Waals surface area contributed by atoms with Crippen LogP contribution in [-0.4, -0.2) is 34.8 Å². The minimum Gasteiger partial charge on any atom is -0.364 e. The SMILES string of the molecule is C=CC(=O)N1CCC=C(c2c(C)nc(C(N)=O)c3c2C2=C(CCCC2)C3)C1. The number of amides is 2. The number of primary amides is 1. The van der Waals surface area contributed by atoms with Gasteiger partial charge in [0.2, 0.25) is 5.91 Å². The molecule has 0 fully saturated rings. The second kappa shape index (κ2) is 6.80. The van der Waals surface area contributed by atoms with Crippen molar-refractivity contribution in [3.8, 4) is 0 Å². The predicted molar refractivity (Wildman–Crippen MR) is 106 cm³/mol. The molecule has 140 valence electrons. The molecule has 1 aromatic heterocycles. The molecule has 0 saturated heterocycles. The van der Waals surface area contributed by atoms with Gasteiger partial charge in [-0.3, -0.25) is 9.59 Å². The number of allylic oxidation sites excluding steroid dienone is 2. The highest BCUT2D eigenvalue weighted by Crippen LogP contribution is 2.46. The van der Waals surface area contributed by atoms with Crippen LogP contribution in [0.25, 0.3) is 11.1 Å². The summed E-state index contributed by atoms with van der Waals surface area (Å²) in [4.78, 5) is 30.6. The smallest absolute Gasteiger partial charge is 0.267 e. The average Bonchev–Trinajstić information content (AvgIpc) is 3.06. The highest BCUT2D eigenvalue weighted by atomic mass is 16.2. The Labute approximate surface area is 159 Å². The van der Waals surface area contributed by atoms with E-state index < -0.39 is 5.91 Å². The third-order valence-corrected chi connectivity index (χ3v) is 5.94. The van der Waals surface area contributed by atoms with Crippen LogP contribution < -0.4 is 5.73 Å². The first-order valence-corrected chi connectivity index (χ1v) is 9.66. The summed E-state index contributed by atoms with van der Waals surface area (Å²) in [7, 11) is 0. The van der Waals surface area contributed by atoms with E-state index in [1.165, 1.54) is 35.6 Å². The fraction of sp³-hybridized carbons (Fsp3) is 0.409. The van der Waals surface area contributed by atoms with Crippen molar-refractivity contribution < 1.29 is 9.59 Å². The zero-order valence-electron chi connectivity index (χ0n) is 15.8. The summed E-state index contributed by atoms with van der Waals surface area (Å²) in [6, 6.07) is 0. The molecule has 0 unspecified atom stereocenters. The lowest BCUT2D eigenvalue weighted by Gasteiger charge is -2.29. The topological polar surface area (TPSA) is 76.3 Å². The first kappa shape index (κ1) is 17.7. The Balaban J connectivity index is 1.87. The maximum absolute atomic E-state index is 12.1. The molecule has 1 aromatic rings. The van der Waals surface area contributed by atoms with Gasteiger partial charge in [-0.25, -0.2) is 4.98 Å². The monoisotopic (exact) mass is 363 g/mol. The molecule has 0 atom stereocenters. The van der Waals surface area contributed by atoms with Crippen LogP contribution in [0.5, 0.6) is 0 Å². The van der Waals surface area contributed by atoms with Crippen LogP contribution in [0.3, 0.4) is 0 Å². The van der Waals surface area contributed by atoms with Gasteiger partial charge in [-0.05, 0) is 73.8 Å². The summed E-state index contributed by atoms with van der Waals surface area (Å²) in [6.45, 7) is 6.81. The summed E-state index contributed by atoms with van der Waals surface area (Å²) in [5.74, 6) is -0.504. The predicted octanol–water partition coefficient (Wildman–Crippen LogP) is 3.17. The van der Waals surface area contributed by atoms with Gasteiger partial charge >= 0.3 is 0 Å². The first-order valence-electron chi connectivity index (χ1n) is 9.66. The van der Waals surface area contributed by atoms with E-state index in [1.807, 2.05) is 11.8 Å². The molecule has 0 spiro atoms. The standard InChI is InChI=1S/C22H25N3O2/c1-3-18(26)25-10-6-8-15(12-25)19-13(2)24-21(22(23)27)17-11-14-7-4-5-9-16(14)20(17)19/h3,8H,1,4-7,9-12H2,2H3,(H2,23,27). The van der Waals surface area contributed by atoms with Crippen LogP contribution in [-0.2, 0) is 11.2 Å². The van der Waals surface area contributed by atoms with Crippen molar-refractivity contribution in [1.82, 2.24) is 9.88 Å². The average molecular weight is 363 g/mol. The number of hydrogen-bond acceptors (Lipinski definition) is 3. The van der Waals surface area contributed by atoms with Gasteiger partial charge in [-0.1, -0.05) is 18.2 Å². The molecule has 27 heavy (non-hydrogen) atoms. The zero-order valence-corrected chi connectivity index (χ0v) is 15.8. The molecular weight excluding hydrogens is 338 g/mol. The maximum Gasteiger partial charge on any atom is 0.267 e. The molecule has 2 N–H and O–H groups in total. The summed E-state index contributed by atoms with van der Waals surface area (Å²) in [5.41, 5.74) is 14.1. The van der Waals surface area contributed by atoms with Gasteiger partial charge in [0.15, 0.2) is 0 Å². The largest absolute Gasteiger partial charge is 0.364 e. The third kappa shape index (κ3) is 2.91. The molecule has 2 aliphatic carbocycles. The van der Waals surface area contributed by atoms with E-state index in [-0.39, 0.29) is 5.91 Å². The van der Waals surface area contributed by atoms with Crippen molar-refractivity contribution in [3.05, 3.63) is 52.4 Å². The van der Waals surface area contributed by atoms with Gasteiger partial charge in [0.25, 0.3) is 5.91 Å². The quantitative estimate of drug-likeness (QED) is 0.838. The van der Waals surface area contributed by atoms with E-state index in [0.29, 0.717) is 18.8 Å². The maximum atomic E-state index is 12.1. The van der Waals surface area contributed by atoms with Crippen molar-refractivity contribution in [3.63, 3.8) is 0 Å². The highest BCUT2D eigenvalue weighted by molar-refractivity contribution is 5.98. The minimum atomic E-state index is -0.457. The Bertz CT molecular complexity index is 924. The first-order chi connectivity index (χ1) is 13.0. The number of carbonyl (C=O) groups excluding carboxylic acids is 2. The Morgan fingerprint density at radius 2 is 2.04 bits per heavy atom. The zero-order chi connectivity index (χ0) is 19.1. The number of nitrogens with two attached hydrogens (primary N) is 1. The number of nitrogens with zero attached hydrogens (tertiary/aromatic N) is 2. The third-order valence-electron chi connectivity index (χ3n) is 5.94. The number of aryl methyl sites for hydroxylation is 1. The van der Waals surface area contributed by atoms with Gasteiger partial charge in [-0.2, -0.15) is 0 Å². The van der Waals surface area contributed by atoms with E-state index in [4.69, 9.17) is 5.73 Å². The van der Waals surface area contributed by atoms with Crippen molar-refractivity contribution in [2.75, 3.05) is 13.1 Å². The van der Waals surface area contributed by atoms with Gasteiger partial charge in [0.05, 0.1) is 0 Å². The Kier molecular flexibility index (Phi) is 4.46. The number of fused-ring (bicyclic) bond motifs is 2. The molecule has 3 aliphatic rings. The Morgan fingerprint density at radius 1 is 1.26 bits per heavy atom. The van der Waals surface area contributed by atoms with E-state index in [2.05, 4.69) is 17.6 Å². The van der Waals surface area contributed by atoms with E-state index >= 15 is 0 Å². The van der Waals surface area contributed by atoms with Crippen molar-refractivity contribution in [2.24, 2.45) is 5.73 Å². The van der Waals surface area contributed by atoms with E-state index in [1.54, 1.807) is 0 Å². The lowest BCUT2D eigenvalue weighted by molar-refractivity contribution is -0.125. The summed E-state index contributed by atoms with van der Waals surface area (Å²) in [6.07, 6.45) is 9.67. The van der Waals surface area contributed by atoms with Crippen molar-refractivity contribution in [2.45, 2.75) is 45.4 Å². The van der Waals surface area contributed by atoms with Crippen LogP contribution in [0.4, 0.5) is 0 Å². The molecule has 0 aromatic carbocycles. The van der Waals surface area contributed by atoms with Gasteiger partial charge in [-0.15, -0.1) is 0 Å². The van der Waals surface area contributed by atoms with Crippen LogP contribution in [0.15, 0.2) is 24.3 Å². The Hall–Kier alpha value is -2.69. The molecule has 2 heterocycles. The minimum absolute atomic E-state index is 0.0471. The summed E-state index contributed by atoms with van der Waals surface area (Å²) in [5, 5.41) is 0. The summed E-state index contributed by atoms with van der Waals surface area (Å²) < 4.78 is 0. The van der Waals surface area contributed by atoms with Crippen LogP contribution in [0, 0.1) is 6.92 Å².